The molecule has 0 aliphatic rings. The van der Waals surface area contributed by atoms with Gasteiger partial charge in [0.15, 0.2) is 0 Å². The highest BCUT2D eigenvalue weighted by atomic mass is 79.9. The molecule has 0 aliphatic carbocycles. The Morgan fingerprint density at radius 1 is 1.35 bits per heavy atom. The predicted molar refractivity (Wildman–Crippen MR) is 84.0 cm³/mol. The third kappa shape index (κ3) is 4.08. The molecule has 0 spiro atoms. The molecule has 20 heavy (non-hydrogen) atoms. The highest BCUT2D eigenvalue weighted by Crippen LogP contribution is 2.25. The number of aromatic nitrogens is 2. The molecule has 1 heterocycles. The average molecular weight is 338 g/mol. The zero-order chi connectivity index (χ0) is 14.5. The van der Waals surface area contributed by atoms with Crippen molar-refractivity contribution in [3.8, 4) is 5.75 Å². The maximum Gasteiger partial charge on any atom is 0.133 e. The maximum absolute atomic E-state index is 5.23. The third-order valence-electron chi connectivity index (χ3n) is 2.96. The second kappa shape index (κ2) is 6.90. The van der Waals surface area contributed by atoms with E-state index < -0.39 is 0 Å². The minimum Gasteiger partial charge on any atom is -0.496 e. The van der Waals surface area contributed by atoms with Crippen molar-refractivity contribution in [2.75, 3.05) is 7.11 Å². The van der Waals surface area contributed by atoms with Crippen molar-refractivity contribution in [1.29, 1.82) is 0 Å². The van der Waals surface area contributed by atoms with Gasteiger partial charge >= 0.3 is 0 Å². The van der Waals surface area contributed by atoms with Crippen molar-refractivity contribution in [1.82, 2.24) is 15.1 Å². The van der Waals surface area contributed by atoms with E-state index in [1.54, 1.807) is 7.11 Å². The summed E-state index contributed by atoms with van der Waals surface area (Å²) in [4.78, 5) is 0. The molecule has 0 saturated heterocycles. The molecule has 5 heteroatoms. The van der Waals surface area contributed by atoms with E-state index in [-0.39, 0.29) is 0 Å². The van der Waals surface area contributed by atoms with E-state index in [0.29, 0.717) is 6.04 Å². The van der Waals surface area contributed by atoms with Crippen LogP contribution in [-0.2, 0) is 13.1 Å². The molecule has 0 amide bonds. The third-order valence-corrected chi connectivity index (χ3v) is 3.58. The Hall–Kier alpha value is -1.33. The van der Waals surface area contributed by atoms with Gasteiger partial charge in [0.05, 0.1) is 24.3 Å². The summed E-state index contributed by atoms with van der Waals surface area (Å²) in [5, 5.41) is 7.78. The Morgan fingerprint density at radius 3 is 2.80 bits per heavy atom. The van der Waals surface area contributed by atoms with Gasteiger partial charge in [0.2, 0.25) is 0 Å². The minimum atomic E-state index is 0.482. The normalized spacial score (nSPS) is 11.1. The SMILES string of the molecule is COc1ccc(Cn2cc(CNC(C)C)cn2)cc1Br. The van der Waals surface area contributed by atoms with Gasteiger partial charge in [0.25, 0.3) is 0 Å². The van der Waals surface area contributed by atoms with Crippen LogP contribution in [0.15, 0.2) is 35.1 Å². The minimum absolute atomic E-state index is 0.482. The van der Waals surface area contributed by atoms with Gasteiger partial charge in [-0.25, -0.2) is 0 Å². The Labute approximate surface area is 128 Å². The number of hydrogen-bond acceptors (Lipinski definition) is 3. The lowest BCUT2D eigenvalue weighted by atomic mass is 10.2. The summed E-state index contributed by atoms with van der Waals surface area (Å²) in [5.41, 5.74) is 2.38. The first-order valence-corrected chi connectivity index (χ1v) is 7.45. The summed E-state index contributed by atoms with van der Waals surface area (Å²) >= 11 is 3.50. The van der Waals surface area contributed by atoms with Crippen molar-refractivity contribution in [3.05, 3.63) is 46.2 Å². The molecule has 2 rings (SSSR count). The molecule has 0 unspecified atom stereocenters. The molecule has 108 valence electrons. The van der Waals surface area contributed by atoms with E-state index in [0.717, 1.165) is 23.3 Å². The van der Waals surface area contributed by atoms with E-state index in [1.807, 2.05) is 16.9 Å². The second-order valence-electron chi connectivity index (χ2n) is 5.05. The summed E-state index contributed by atoms with van der Waals surface area (Å²) < 4.78 is 8.15. The number of methoxy groups -OCH3 is 1. The predicted octanol–water partition coefficient (Wildman–Crippen LogP) is 3.20. The highest BCUT2D eigenvalue weighted by Gasteiger charge is 2.04. The molecule has 0 aliphatic heterocycles. The molecule has 2 aromatic rings. The second-order valence-corrected chi connectivity index (χ2v) is 5.91. The van der Waals surface area contributed by atoms with E-state index in [2.05, 4.69) is 58.5 Å². The van der Waals surface area contributed by atoms with Gasteiger partial charge in [0, 0.05) is 24.3 Å². The number of rotatable bonds is 6. The molecule has 0 saturated carbocycles. The van der Waals surface area contributed by atoms with Gasteiger partial charge in [-0.3, -0.25) is 4.68 Å². The summed E-state index contributed by atoms with van der Waals surface area (Å²) in [6.07, 6.45) is 3.99. The van der Waals surface area contributed by atoms with Gasteiger partial charge in [0.1, 0.15) is 5.75 Å². The number of ether oxygens (including phenoxy) is 1. The zero-order valence-electron chi connectivity index (χ0n) is 12.1. The lowest BCUT2D eigenvalue weighted by Gasteiger charge is -2.07. The van der Waals surface area contributed by atoms with Crippen LogP contribution in [0.2, 0.25) is 0 Å². The van der Waals surface area contributed by atoms with Crippen molar-refractivity contribution < 1.29 is 4.74 Å². The summed E-state index contributed by atoms with van der Waals surface area (Å²) in [7, 11) is 1.67. The van der Waals surface area contributed by atoms with Gasteiger partial charge in [-0.2, -0.15) is 5.10 Å². The van der Waals surface area contributed by atoms with Gasteiger partial charge in [-0.05, 0) is 33.6 Å². The summed E-state index contributed by atoms with van der Waals surface area (Å²) in [5.74, 6) is 0.844. The Kier molecular flexibility index (Phi) is 5.20. The average Bonchev–Trinajstić information content (AvgIpc) is 2.84. The molecule has 1 aromatic carbocycles. The molecule has 0 bridgehead atoms. The smallest absolute Gasteiger partial charge is 0.133 e. The van der Waals surface area contributed by atoms with Crippen LogP contribution in [0.4, 0.5) is 0 Å². The molecular formula is C15H20BrN3O. The van der Waals surface area contributed by atoms with Crippen LogP contribution in [0, 0.1) is 0 Å². The molecule has 1 aromatic heterocycles. The number of hydrogen-bond donors (Lipinski definition) is 1. The van der Waals surface area contributed by atoms with Crippen molar-refractivity contribution in [3.63, 3.8) is 0 Å². The van der Waals surface area contributed by atoms with Crippen LogP contribution >= 0.6 is 15.9 Å². The van der Waals surface area contributed by atoms with E-state index in [4.69, 9.17) is 4.74 Å². The Morgan fingerprint density at radius 2 is 2.15 bits per heavy atom. The fourth-order valence-electron chi connectivity index (χ4n) is 1.90. The van der Waals surface area contributed by atoms with Crippen LogP contribution in [0.25, 0.3) is 0 Å². The molecule has 0 atom stereocenters. The van der Waals surface area contributed by atoms with Crippen LogP contribution in [0.5, 0.6) is 5.75 Å². The number of nitrogens with zero attached hydrogens (tertiary/aromatic N) is 2. The number of nitrogens with one attached hydrogen (secondary N) is 1. The maximum atomic E-state index is 5.23. The first-order valence-electron chi connectivity index (χ1n) is 6.65. The summed E-state index contributed by atoms with van der Waals surface area (Å²) in [6.45, 7) is 5.88. The molecule has 1 N–H and O–H groups in total. The topological polar surface area (TPSA) is 39.1 Å². The van der Waals surface area contributed by atoms with Gasteiger partial charge in [-0.15, -0.1) is 0 Å². The number of benzene rings is 1. The van der Waals surface area contributed by atoms with E-state index >= 15 is 0 Å². The molecule has 0 fully saturated rings. The van der Waals surface area contributed by atoms with Crippen LogP contribution in [0.3, 0.4) is 0 Å². The largest absolute Gasteiger partial charge is 0.496 e. The highest BCUT2D eigenvalue weighted by molar-refractivity contribution is 9.10. The fourth-order valence-corrected chi connectivity index (χ4v) is 2.49. The van der Waals surface area contributed by atoms with Crippen LogP contribution in [0.1, 0.15) is 25.0 Å². The summed E-state index contributed by atoms with van der Waals surface area (Å²) in [6, 6.07) is 6.56. The lowest BCUT2D eigenvalue weighted by molar-refractivity contribution is 0.412. The first-order chi connectivity index (χ1) is 9.58. The Bertz CT molecular complexity index is 566. The molecule has 0 radical (unpaired) electrons. The standard InChI is InChI=1S/C15H20BrN3O/c1-11(2)17-7-13-8-18-19(10-13)9-12-4-5-15(20-3)14(16)6-12/h4-6,8,10-11,17H,7,9H2,1-3H3. The van der Waals surface area contributed by atoms with Crippen molar-refractivity contribution >= 4 is 15.9 Å². The molecule has 4 nitrogen and oxygen atoms in total. The quantitative estimate of drug-likeness (QED) is 0.879. The zero-order valence-corrected chi connectivity index (χ0v) is 13.6. The van der Waals surface area contributed by atoms with E-state index in [9.17, 15) is 0 Å². The van der Waals surface area contributed by atoms with Gasteiger partial charge < -0.3 is 10.1 Å². The molecular weight excluding hydrogens is 318 g/mol. The van der Waals surface area contributed by atoms with Crippen molar-refractivity contribution in [2.24, 2.45) is 0 Å². The number of halogens is 1. The monoisotopic (exact) mass is 337 g/mol. The van der Waals surface area contributed by atoms with E-state index in [1.165, 1.54) is 11.1 Å². The van der Waals surface area contributed by atoms with Crippen LogP contribution in [-0.4, -0.2) is 22.9 Å². The fraction of sp³-hybridized carbons (Fsp3) is 0.400. The van der Waals surface area contributed by atoms with Crippen LogP contribution < -0.4 is 10.1 Å². The Balaban J connectivity index is 2.01. The van der Waals surface area contributed by atoms with Crippen molar-refractivity contribution in [2.45, 2.75) is 33.0 Å². The van der Waals surface area contributed by atoms with Gasteiger partial charge in [-0.1, -0.05) is 19.9 Å². The lowest BCUT2D eigenvalue weighted by Crippen LogP contribution is -2.21. The first kappa shape index (κ1) is 15.1.